The van der Waals surface area contributed by atoms with Gasteiger partial charge in [-0.05, 0) is 43.3 Å². The van der Waals surface area contributed by atoms with E-state index in [4.69, 9.17) is 10.00 Å². The van der Waals surface area contributed by atoms with Crippen LogP contribution in [0.2, 0.25) is 0 Å². The van der Waals surface area contributed by atoms with Crippen LogP contribution in [0.1, 0.15) is 26.5 Å². The van der Waals surface area contributed by atoms with E-state index < -0.39 is 30.2 Å². The summed E-state index contributed by atoms with van der Waals surface area (Å²) in [5.74, 6) is -1.39. The Kier molecular flexibility index (Phi) is 6.08. The number of esters is 1. The minimum Gasteiger partial charge on any atom is -0.451 e. The highest BCUT2D eigenvalue weighted by atomic mass is 32.1. The summed E-state index contributed by atoms with van der Waals surface area (Å²) in [6, 6.07) is 14.6. The molecular formula is C23H15F3N4O3S. The molecule has 0 aliphatic heterocycles. The molecule has 2 heterocycles. The molecule has 0 aliphatic rings. The average molecular weight is 484 g/mol. The van der Waals surface area contributed by atoms with E-state index in [2.05, 4.69) is 10.4 Å². The second-order valence-electron chi connectivity index (χ2n) is 7.16. The SMILES string of the molecule is Cc1nn(-c2cccc(C(F)(F)F)c2)c2sc(C(=O)OCC(=O)Nc3ccccc3C#N)cc12. The molecule has 2 aromatic carbocycles. The molecule has 0 unspecified atom stereocenters. The fraction of sp³-hybridized carbons (Fsp3) is 0.130. The summed E-state index contributed by atoms with van der Waals surface area (Å²) in [6.07, 6.45) is -4.50. The number of fused-ring (bicyclic) bond motifs is 1. The maximum Gasteiger partial charge on any atom is 0.416 e. The van der Waals surface area contributed by atoms with Crippen LogP contribution >= 0.6 is 11.3 Å². The Balaban J connectivity index is 1.52. The number of thiophene rings is 1. The minimum atomic E-state index is -4.50. The van der Waals surface area contributed by atoms with Gasteiger partial charge in [0, 0.05) is 5.39 Å². The number of hydrogen-bond acceptors (Lipinski definition) is 6. The predicted octanol–water partition coefficient (Wildman–Crippen LogP) is 5.08. The molecule has 1 N–H and O–H groups in total. The number of nitrogens with one attached hydrogen (secondary N) is 1. The minimum absolute atomic E-state index is 0.168. The third-order valence-corrected chi connectivity index (χ3v) is 5.91. The van der Waals surface area contributed by atoms with Gasteiger partial charge in [0.2, 0.25) is 0 Å². The number of amides is 1. The average Bonchev–Trinajstić information content (AvgIpc) is 3.38. The van der Waals surface area contributed by atoms with Gasteiger partial charge in [0.15, 0.2) is 6.61 Å². The molecule has 0 atom stereocenters. The molecule has 4 aromatic rings. The lowest BCUT2D eigenvalue weighted by Crippen LogP contribution is -2.21. The van der Waals surface area contributed by atoms with Crippen molar-refractivity contribution in [3.05, 3.63) is 76.3 Å². The Hall–Kier alpha value is -4.17. The van der Waals surface area contributed by atoms with Gasteiger partial charge in [0.1, 0.15) is 15.8 Å². The third kappa shape index (κ3) is 4.62. The summed E-state index contributed by atoms with van der Waals surface area (Å²) in [4.78, 5) is 25.3. The van der Waals surface area contributed by atoms with Crippen molar-refractivity contribution in [2.45, 2.75) is 13.1 Å². The zero-order valence-corrected chi connectivity index (χ0v) is 18.3. The molecule has 0 radical (unpaired) electrons. The topological polar surface area (TPSA) is 97.0 Å². The zero-order valence-electron chi connectivity index (χ0n) is 17.5. The van der Waals surface area contributed by atoms with Crippen LogP contribution in [0.25, 0.3) is 15.9 Å². The lowest BCUT2D eigenvalue weighted by molar-refractivity contribution is -0.137. The Morgan fingerprint density at radius 1 is 1.18 bits per heavy atom. The Morgan fingerprint density at radius 3 is 2.68 bits per heavy atom. The molecule has 0 bridgehead atoms. The first-order chi connectivity index (χ1) is 16.2. The number of anilines is 1. The highest BCUT2D eigenvalue weighted by Crippen LogP contribution is 2.34. The van der Waals surface area contributed by atoms with Gasteiger partial charge in [0.05, 0.1) is 28.2 Å². The van der Waals surface area contributed by atoms with E-state index in [1.54, 1.807) is 25.1 Å². The molecule has 2 aromatic heterocycles. The Bertz CT molecular complexity index is 1450. The molecule has 1 amide bonds. The van der Waals surface area contributed by atoms with Crippen LogP contribution in [0.5, 0.6) is 0 Å². The largest absolute Gasteiger partial charge is 0.451 e. The van der Waals surface area contributed by atoms with Crippen molar-refractivity contribution in [3.63, 3.8) is 0 Å². The second-order valence-corrected chi connectivity index (χ2v) is 8.19. The highest BCUT2D eigenvalue weighted by Gasteiger charge is 2.31. The predicted molar refractivity (Wildman–Crippen MR) is 119 cm³/mol. The first-order valence-electron chi connectivity index (χ1n) is 9.80. The van der Waals surface area contributed by atoms with Crippen LogP contribution in [0.4, 0.5) is 18.9 Å². The Morgan fingerprint density at radius 2 is 1.94 bits per heavy atom. The van der Waals surface area contributed by atoms with Gasteiger partial charge in [0.25, 0.3) is 5.91 Å². The van der Waals surface area contributed by atoms with E-state index in [-0.39, 0.29) is 16.1 Å². The number of alkyl halides is 3. The van der Waals surface area contributed by atoms with E-state index in [1.165, 1.54) is 28.9 Å². The molecule has 0 saturated heterocycles. The Labute approximate surface area is 195 Å². The fourth-order valence-corrected chi connectivity index (χ4v) is 4.29. The summed E-state index contributed by atoms with van der Waals surface area (Å²) >= 11 is 0.993. The number of aromatic nitrogens is 2. The first kappa shape index (κ1) is 23.0. The number of hydrogen-bond donors (Lipinski definition) is 1. The van der Waals surface area contributed by atoms with E-state index in [1.807, 2.05) is 6.07 Å². The molecule has 7 nitrogen and oxygen atoms in total. The van der Waals surface area contributed by atoms with Crippen molar-refractivity contribution in [2.24, 2.45) is 0 Å². The molecular weight excluding hydrogens is 469 g/mol. The molecule has 0 saturated carbocycles. The summed E-state index contributed by atoms with van der Waals surface area (Å²) in [5, 5.41) is 16.5. The third-order valence-electron chi connectivity index (χ3n) is 4.82. The number of rotatable bonds is 5. The van der Waals surface area contributed by atoms with Gasteiger partial charge < -0.3 is 10.1 Å². The summed E-state index contributed by atoms with van der Waals surface area (Å²) in [7, 11) is 0. The van der Waals surface area contributed by atoms with Gasteiger partial charge >= 0.3 is 12.1 Å². The first-order valence-corrected chi connectivity index (χ1v) is 10.6. The van der Waals surface area contributed by atoms with E-state index >= 15 is 0 Å². The number of aryl methyl sites for hydroxylation is 1. The maximum absolute atomic E-state index is 13.1. The van der Waals surface area contributed by atoms with Crippen LogP contribution in [-0.4, -0.2) is 28.3 Å². The standard InChI is InChI=1S/C23H15F3N4O3S/c1-13-17-10-19(22(32)33-12-20(31)28-18-8-3-2-5-14(18)11-27)34-21(17)30(29-13)16-7-4-6-15(9-16)23(24,25)26/h2-10H,12H2,1H3,(H,28,31). The van der Waals surface area contributed by atoms with Crippen molar-refractivity contribution in [1.82, 2.24) is 9.78 Å². The van der Waals surface area contributed by atoms with Gasteiger partial charge in [-0.2, -0.15) is 23.5 Å². The van der Waals surface area contributed by atoms with Gasteiger partial charge in [-0.15, -0.1) is 11.3 Å². The van der Waals surface area contributed by atoms with Crippen molar-refractivity contribution in [1.29, 1.82) is 5.26 Å². The molecule has 172 valence electrons. The van der Waals surface area contributed by atoms with E-state index in [0.717, 1.165) is 23.5 Å². The summed E-state index contributed by atoms with van der Waals surface area (Å²) in [5.41, 5.74) is 0.469. The number of benzene rings is 2. The maximum atomic E-state index is 13.1. The summed E-state index contributed by atoms with van der Waals surface area (Å²) < 4.78 is 45.7. The normalized spacial score (nSPS) is 11.3. The van der Waals surface area contributed by atoms with Crippen molar-refractivity contribution in [2.75, 3.05) is 11.9 Å². The lowest BCUT2D eigenvalue weighted by Gasteiger charge is -2.09. The quantitative estimate of drug-likeness (QED) is 0.399. The van der Waals surface area contributed by atoms with Crippen LogP contribution in [0.3, 0.4) is 0 Å². The van der Waals surface area contributed by atoms with Crippen molar-refractivity contribution in [3.8, 4) is 11.8 Å². The van der Waals surface area contributed by atoms with Crippen LogP contribution in [-0.2, 0) is 15.7 Å². The number of ether oxygens (including phenoxy) is 1. The monoisotopic (exact) mass is 484 g/mol. The van der Waals surface area contributed by atoms with Gasteiger partial charge in [-0.1, -0.05) is 18.2 Å². The fourth-order valence-electron chi connectivity index (χ4n) is 3.21. The lowest BCUT2D eigenvalue weighted by atomic mass is 10.2. The van der Waals surface area contributed by atoms with Crippen molar-refractivity contribution >= 4 is 39.1 Å². The molecule has 0 fully saturated rings. The van der Waals surface area contributed by atoms with Crippen LogP contribution in [0.15, 0.2) is 54.6 Å². The molecule has 0 spiro atoms. The van der Waals surface area contributed by atoms with Crippen molar-refractivity contribution < 1.29 is 27.5 Å². The molecule has 34 heavy (non-hydrogen) atoms. The number of para-hydroxylation sites is 1. The van der Waals surface area contributed by atoms with Crippen LogP contribution < -0.4 is 5.32 Å². The van der Waals surface area contributed by atoms with E-state index in [0.29, 0.717) is 21.6 Å². The van der Waals surface area contributed by atoms with Gasteiger partial charge in [-0.3, -0.25) is 4.79 Å². The number of nitriles is 1. The highest BCUT2D eigenvalue weighted by molar-refractivity contribution is 7.20. The zero-order chi connectivity index (χ0) is 24.5. The van der Waals surface area contributed by atoms with E-state index in [9.17, 15) is 22.8 Å². The second kappa shape index (κ2) is 8.99. The smallest absolute Gasteiger partial charge is 0.416 e. The number of halogens is 3. The molecule has 11 heteroatoms. The summed E-state index contributed by atoms with van der Waals surface area (Å²) in [6.45, 7) is 1.10. The van der Waals surface area contributed by atoms with Gasteiger partial charge in [-0.25, -0.2) is 9.48 Å². The van der Waals surface area contributed by atoms with Crippen LogP contribution in [0, 0.1) is 18.3 Å². The molecule has 4 rings (SSSR count). The molecule has 0 aliphatic carbocycles. The number of carbonyl (C=O) groups excluding carboxylic acids is 2. The number of carbonyl (C=O) groups is 2. The number of nitrogens with zero attached hydrogens (tertiary/aromatic N) is 3.